The second kappa shape index (κ2) is 12.3. The number of furan rings is 1. The average Bonchev–Trinajstić information content (AvgIpc) is 3.72. The normalized spacial score (nSPS) is 16.7. The van der Waals surface area contributed by atoms with Crippen LogP contribution in [0.1, 0.15) is 75.9 Å². The van der Waals surface area contributed by atoms with Gasteiger partial charge in [0.15, 0.2) is 5.76 Å². The molecule has 1 aromatic heterocycles. The van der Waals surface area contributed by atoms with Gasteiger partial charge in [-0.1, -0.05) is 79.1 Å². The molecule has 1 saturated carbocycles. The lowest BCUT2D eigenvalue weighted by molar-refractivity contribution is -0.137. The van der Waals surface area contributed by atoms with E-state index in [-0.39, 0.29) is 36.1 Å². The number of rotatable bonds is 8. The van der Waals surface area contributed by atoms with Crippen molar-refractivity contribution in [3.63, 3.8) is 0 Å². The molecule has 2 aliphatic rings. The van der Waals surface area contributed by atoms with E-state index in [4.69, 9.17) is 9.15 Å². The van der Waals surface area contributed by atoms with Crippen molar-refractivity contribution in [3.8, 4) is 5.75 Å². The van der Waals surface area contributed by atoms with Crippen molar-refractivity contribution < 1.29 is 18.7 Å². The number of amides is 2. The first-order valence-electron chi connectivity index (χ1n) is 15.0. The maximum absolute atomic E-state index is 13.7. The van der Waals surface area contributed by atoms with Crippen LogP contribution in [0.5, 0.6) is 5.75 Å². The minimum atomic E-state index is -0.174. The number of aryl methyl sites for hydroxylation is 1. The molecule has 2 amide bonds. The molecule has 0 radical (unpaired) electrons. The van der Waals surface area contributed by atoms with E-state index in [1.807, 2.05) is 36.4 Å². The van der Waals surface area contributed by atoms with Gasteiger partial charge in [0.05, 0.1) is 6.04 Å². The largest absolute Gasteiger partial charge is 0.486 e. The highest BCUT2D eigenvalue weighted by Crippen LogP contribution is 2.40. The summed E-state index contributed by atoms with van der Waals surface area (Å²) in [5.41, 5.74) is 5.74. The Morgan fingerprint density at radius 2 is 1.76 bits per heavy atom. The van der Waals surface area contributed by atoms with Crippen LogP contribution in [-0.2, 0) is 24.4 Å². The number of fused-ring (bicyclic) bond motifs is 1. The molecule has 0 N–H and O–H groups in total. The van der Waals surface area contributed by atoms with E-state index in [1.165, 1.54) is 11.1 Å². The molecule has 0 spiro atoms. The van der Waals surface area contributed by atoms with Crippen LogP contribution in [0.15, 0.2) is 89.3 Å². The molecule has 6 nitrogen and oxygen atoms in total. The predicted octanol–water partition coefficient (Wildman–Crippen LogP) is 7.10. The summed E-state index contributed by atoms with van der Waals surface area (Å²) >= 11 is 0. The summed E-state index contributed by atoms with van der Waals surface area (Å²) in [5.74, 6) is 1.82. The van der Waals surface area contributed by atoms with Crippen LogP contribution in [0.2, 0.25) is 0 Å². The highest BCUT2D eigenvalue weighted by molar-refractivity contribution is 5.91. The highest BCUT2D eigenvalue weighted by atomic mass is 16.5. The first-order valence-corrected chi connectivity index (χ1v) is 15.0. The zero-order valence-electron chi connectivity index (χ0n) is 24.4. The van der Waals surface area contributed by atoms with Gasteiger partial charge in [0.2, 0.25) is 5.91 Å². The van der Waals surface area contributed by atoms with Crippen LogP contribution in [0.3, 0.4) is 0 Å². The summed E-state index contributed by atoms with van der Waals surface area (Å²) < 4.78 is 12.1. The Bertz CT molecular complexity index is 1550. The zero-order chi connectivity index (χ0) is 29.1. The molecule has 0 saturated heterocycles. The quantitative estimate of drug-likeness (QED) is 0.230. The number of ether oxygens (including phenoxy) is 1. The molecule has 1 fully saturated rings. The lowest BCUT2D eigenvalue weighted by Crippen LogP contribution is -2.43. The summed E-state index contributed by atoms with van der Waals surface area (Å²) in [5, 5.41) is 0. The number of hydrogen-bond donors (Lipinski definition) is 0. The summed E-state index contributed by atoms with van der Waals surface area (Å²) in [6.07, 6.45) is 5.08. The van der Waals surface area contributed by atoms with Crippen LogP contribution in [0.25, 0.3) is 0 Å². The maximum Gasteiger partial charge on any atom is 0.289 e. The van der Waals surface area contributed by atoms with E-state index in [2.05, 4.69) is 48.2 Å². The fraction of sp³-hybridized carbons (Fsp3) is 0.333. The van der Waals surface area contributed by atoms with Crippen LogP contribution in [-0.4, -0.2) is 35.2 Å². The number of hydrogen-bond acceptors (Lipinski definition) is 4. The van der Waals surface area contributed by atoms with Gasteiger partial charge in [0.25, 0.3) is 5.91 Å². The third-order valence-electron chi connectivity index (χ3n) is 8.55. The van der Waals surface area contributed by atoms with Crippen molar-refractivity contribution in [1.82, 2.24) is 9.80 Å². The summed E-state index contributed by atoms with van der Waals surface area (Å²) in [6, 6.07) is 27.9. The van der Waals surface area contributed by atoms with E-state index < -0.39 is 0 Å². The van der Waals surface area contributed by atoms with Gasteiger partial charge < -0.3 is 19.0 Å². The molecule has 2 heterocycles. The molecule has 1 aliphatic heterocycles. The van der Waals surface area contributed by atoms with Crippen molar-refractivity contribution in [2.24, 2.45) is 5.92 Å². The van der Waals surface area contributed by atoms with Crippen LogP contribution >= 0.6 is 0 Å². The van der Waals surface area contributed by atoms with E-state index in [0.29, 0.717) is 18.1 Å². The third kappa shape index (κ3) is 5.98. The number of benzene rings is 3. The molecule has 4 aromatic rings. The topological polar surface area (TPSA) is 63.0 Å². The number of carbonyl (C=O) groups excluding carboxylic acids is 2. The fourth-order valence-corrected chi connectivity index (χ4v) is 6.37. The van der Waals surface area contributed by atoms with Gasteiger partial charge in [0.1, 0.15) is 18.1 Å². The monoisotopic (exact) mass is 562 g/mol. The Morgan fingerprint density at radius 3 is 2.55 bits per heavy atom. The molecule has 0 bridgehead atoms. The summed E-state index contributed by atoms with van der Waals surface area (Å²) in [7, 11) is 1.77. The first kappa shape index (κ1) is 27.8. The van der Waals surface area contributed by atoms with Gasteiger partial charge in [-0.25, -0.2) is 0 Å². The predicted molar refractivity (Wildman–Crippen MR) is 162 cm³/mol. The highest BCUT2D eigenvalue weighted by Gasteiger charge is 2.36. The lowest BCUT2D eigenvalue weighted by atomic mass is 9.86. The summed E-state index contributed by atoms with van der Waals surface area (Å²) in [4.78, 5) is 30.4. The van der Waals surface area contributed by atoms with Gasteiger partial charge in [-0.15, -0.1) is 0 Å². The Kier molecular flexibility index (Phi) is 8.13. The van der Waals surface area contributed by atoms with Crippen LogP contribution < -0.4 is 4.74 Å². The molecule has 1 atom stereocenters. The average molecular weight is 563 g/mol. The minimum Gasteiger partial charge on any atom is -0.486 e. The van der Waals surface area contributed by atoms with Crippen molar-refractivity contribution >= 4 is 11.8 Å². The summed E-state index contributed by atoms with van der Waals surface area (Å²) in [6.45, 7) is 3.53. The van der Waals surface area contributed by atoms with Crippen molar-refractivity contribution in [2.45, 2.75) is 58.2 Å². The number of nitrogens with zero attached hydrogens (tertiary/aromatic N) is 2. The van der Waals surface area contributed by atoms with Crippen molar-refractivity contribution in [2.75, 3.05) is 13.6 Å². The zero-order valence-corrected chi connectivity index (χ0v) is 24.4. The molecule has 42 heavy (non-hydrogen) atoms. The fourth-order valence-electron chi connectivity index (χ4n) is 6.37. The smallest absolute Gasteiger partial charge is 0.289 e. The van der Waals surface area contributed by atoms with Crippen LogP contribution in [0, 0.1) is 12.8 Å². The van der Waals surface area contributed by atoms with Gasteiger partial charge in [-0.05, 0) is 72.7 Å². The molecule has 216 valence electrons. The van der Waals surface area contributed by atoms with Crippen molar-refractivity contribution in [1.29, 1.82) is 0 Å². The van der Waals surface area contributed by atoms with E-state index >= 15 is 0 Å². The Morgan fingerprint density at radius 1 is 0.952 bits per heavy atom. The first-order chi connectivity index (χ1) is 20.5. The Balaban J connectivity index is 1.19. The Labute approximate surface area is 247 Å². The van der Waals surface area contributed by atoms with Gasteiger partial charge >= 0.3 is 0 Å². The number of carbonyl (C=O) groups is 2. The molecule has 1 unspecified atom stereocenters. The van der Waals surface area contributed by atoms with Gasteiger partial charge in [-0.3, -0.25) is 9.59 Å². The van der Waals surface area contributed by atoms with E-state index in [0.717, 1.165) is 55.3 Å². The molecular formula is C36H38N2O4. The van der Waals surface area contributed by atoms with E-state index in [1.54, 1.807) is 24.1 Å². The van der Waals surface area contributed by atoms with Crippen molar-refractivity contribution in [3.05, 3.63) is 124 Å². The second-order valence-electron chi connectivity index (χ2n) is 11.6. The van der Waals surface area contributed by atoms with Crippen LogP contribution in [0.4, 0.5) is 0 Å². The second-order valence-corrected chi connectivity index (χ2v) is 11.6. The lowest BCUT2D eigenvalue weighted by Gasteiger charge is -2.39. The SMILES string of the molecule is Cc1cccc(C2c3cc(OCc4ccc(C(=O)N(C)Cc5ccccc5)o4)ccc3CCN2C(=O)C2CCCC2)c1. The molecular weight excluding hydrogens is 524 g/mol. The standard InChI is InChI=1S/C36H38N2O4/c1-25-9-8-14-29(21-25)34-32-22-30(16-15-27(32)19-20-38(34)35(39)28-12-6-7-13-28)41-24-31-17-18-33(42-31)36(40)37(2)23-26-10-4-3-5-11-26/h3-5,8-11,14-18,21-22,28,34H,6-7,12-13,19-20,23-24H2,1-2H3. The van der Waals surface area contributed by atoms with Gasteiger partial charge in [0, 0.05) is 26.1 Å². The maximum atomic E-state index is 13.7. The van der Waals surface area contributed by atoms with E-state index in [9.17, 15) is 9.59 Å². The minimum absolute atomic E-state index is 0.126. The Hall–Kier alpha value is -4.32. The molecule has 1 aliphatic carbocycles. The van der Waals surface area contributed by atoms with Gasteiger partial charge in [-0.2, -0.15) is 0 Å². The molecule has 6 heteroatoms. The third-order valence-corrected chi connectivity index (χ3v) is 8.55. The molecule has 6 rings (SSSR count). The molecule has 3 aromatic carbocycles.